The summed E-state index contributed by atoms with van der Waals surface area (Å²) in [6.07, 6.45) is 1.40. The molecule has 0 aliphatic heterocycles. The SMILES string of the molecule is Cc1ccc(-c2cc(C(=O)N/N=C/c3ccc(O)c(O)c3)c3cc(C)ccc3n2)cc1. The number of amides is 1. The standard InChI is InChI=1S/C25H21N3O3/c1-15-3-7-18(8-4-15)22-13-20(19-11-16(2)5-9-21(19)27-22)25(31)28-26-14-17-6-10-23(29)24(30)12-17/h3-14,29-30H,1-2H3,(H,28,31)/b26-14+. The van der Waals surface area contributed by atoms with Gasteiger partial charge in [-0.25, -0.2) is 10.4 Å². The molecule has 0 aliphatic rings. The number of hydrogen-bond donors (Lipinski definition) is 3. The normalized spacial score (nSPS) is 11.2. The molecule has 1 aromatic heterocycles. The van der Waals surface area contributed by atoms with E-state index in [4.69, 9.17) is 4.98 Å². The van der Waals surface area contributed by atoms with Crippen LogP contribution in [0, 0.1) is 13.8 Å². The molecule has 154 valence electrons. The van der Waals surface area contributed by atoms with Crippen molar-refractivity contribution in [1.82, 2.24) is 10.4 Å². The molecule has 4 aromatic rings. The van der Waals surface area contributed by atoms with Gasteiger partial charge in [0.1, 0.15) is 0 Å². The number of nitrogens with zero attached hydrogens (tertiary/aromatic N) is 2. The van der Waals surface area contributed by atoms with Crippen LogP contribution in [0.3, 0.4) is 0 Å². The minimum atomic E-state index is -0.370. The van der Waals surface area contributed by atoms with Gasteiger partial charge in [0.15, 0.2) is 11.5 Å². The monoisotopic (exact) mass is 411 g/mol. The number of carbonyl (C=O) groups is 1. The number of benzene rings is 3. The number of nitrogens with one attached hydrogen (secondary N) is 1. The van der Waals surface area contributed by atoms with Crippen molar-refractivity contribution in [3.8, 4) is 22.8 Å². The number of phenolic OH excluding ortho intramolecular Hbond substituents is 2. The molecule has 0 aliphatic carbocycles. The summed E-state index contributed by atoms with van der Waals surface area (Å²) in [5, 5.41) is 23.7. The largest absolute Gasteiger partial charge is 0.504 e. The molecule has 0 spiro atoms. The fraction of sp³-hybridized carbons (Fsp3) is 0.0800. The molecule has 0 radical (unpaired) electrons. The van der Waals surface area contributed by atoms with E-state index in [1.165, 1.54) is 18.3 Å². The Labute approximate surface area is 179 Å². The van der Waals surface area contributed by atoms with Gasteiger partial charge in [0.05, 0.1) is 23.0 Å². The summed E-state index contributed by atoms with van der Waals surface area (Å²) in [5.41, 5.74) is 8.06. The Morgan fingerprint density at radius 1 is 0.903 bits per heavy atom. The summed E-state index contributed by atoms with van der Waals surface area (Å²) < 4.78 is 0. The van der Waals surface area contributed by atoms with E-state index in [2.05, 4.69) is 10.5 Å². The maximum atomic E-state index is 13.0. The number of pyridine rings is 1. The molecule has 1 amide bonds. The van der Waals surface area contributed by atoms with Crippen LogP contribution < -0.4 is 5.43 Å². The van der Waals surface area contributed by atoms with E-state index in [0.29, 0.717) is 16.8 Å². The highest BCUT2D eigenvalue weighted by molar-refractivity contribution is 6.07. The van der Waals surface area contributed by atoms with Crippen LogP contribution in [0.4, 0.5) is 0 Å². The average Bonchev–Trinajstić information content (AvgIpc) is 2.76. The highest BCUT2D eigenvalue weighted by atomic mass is 16.3. The van der Waals surface area contributed by atoms with Crippen molar-refractivity contribution < 1.29 is 15.0 Å². The van der Waals surface area contributed by atoms with E-state index < -0.39 is 0 Å². The van der Waals surface area contributed by atoms with Gasteiger partial charge in [-0.15, -0.1) is 0 Å². The lowest BCUT2D eigenvalue weighted by Gasteiger charge is -2.10. The van der Waals surface area contributed by atoms with Crippen molar-refractivity contribution >= 4 is 23.0 Å². The van der Waals surface area contributed by atoms with Gasteiger partial charge >= 0.3 is 0 Å². The second-order valence-corrected chi connectivity index (χ2v) is 7.39. The van der Waals surface area contributed by atoms with Gasteiger partial charge < -0.3 is 10.2 Å². The summed E-state index contributed by atoms with van der Waals surface area (Å²) >= 11 is 0. The summed E-state index contributed by atoms with van der Waals surface area (Å²) in [4.78, 5) is 17.7. The fourth-order valence-electron chi connectivity index (χ4n) is 3.25. The molecule has 0 atom stereocenters. The molecule has 0 unspecified atom stereocenters. The zero-order chi connectivity index (χ0) is 22.0. The van der Waals surface area contributed by atoms with Crippen molar-refractivity contribution in [3.63, 3.8) is 0 Å². The first-order valence-electron chi connectivity index (χ1n) is 9.74. The predicted molar refractivity (Wildman–Crippen MR) is 121 cm³/mol. The molecule has 3 aromatic carbocycles. The average molecular weight is 411 g/mol. The van der Waals surface area contributed by atoms with Crippen LogP contribution in [0.25, 0.3) is 22.2 Å². The maximum absolute atomic E-state index is 13.0. The fourth-order valence-corrected chi connectivity index (χ4v) is 3.25. The molecular weight excluding hydrogens is 390 g/mol. The third kappa shape index (κ3) is 4.38. The summed E-state index contributed by atoms with van der Waals surface area (Å²) in [5.74, 6) is -0.845. The van der Waals surface area contributed by atoms with Crippen molar-refractivity contribution in [2.24, 2.45) is 5.10 Å². The number of phenols is 2. The first-order valence-corrected chi connectivity index (χ1v) is 9.74. The van der Waals surface area contributed by atoms with Gasteiger partial charge in [-0.05, 0) is 55.8 Å². The lowest BCUT2D eigenvalue weighted by Crippen LogP contribution is -2.18. The summed E-state index contributed by atoms with van der Waals surface area (Å²) in [6.45, 7) is 3.98. The third-order valence-corrected chi connectivity index (χ3v) is 4.94. The Morgan fingerprint density at radius 2 is 1.65 bits per heavy atom. The molecular formula is C25H21N3O3. The van der Waals surface area contributed by atoms with E-state index in [1.807, 2.05) is 56.3 Å². The molecule has 1 heterocycles. The predicted octanol–water partition coefficient (Wildman–Crippen LogP) is 4.69. The number of hydrazone groups is 1. The highest BCUT2D eigenvalue weighted by Gasteiger charge is 2.14. The Balaban J connectivity index is 1.69. The summed E-state index contributed by atoms with van der Waals surface area (Å²) in [6, 6.07) is 19.8. The topological polar surface area (TPSA) is 94.8 Å². The lowest BCUT2D eigenvalue weighted by atomic mass is 10.0. The van der Waals surface area contributed by atoms with Crippen molar-refractivity contribution in [1.29, 1.82) is 0 Å². The first-order chi connectivity index (χ1) is 14.9. The number of carbonyl (C=O) groups excluding carboxylic acids is 1. The van der Waals surface area contributed by atoms with Crippen LogP contribution in [0.1, 0.15) is 27.0 Å². The summed E-state index contributed by atoms with van der Waals surface area (Å²) in [7, 11) is 0. The van der Waals surface area contributed by atoms with Crippen LogP contribution in [0.5, 0.6) is 11.5 Å². The Bertz CT molecular complexity index is 1310. The minimum Gasteiger partial charge on any atom is -0.504 e. The number of hydrogen-bond acceptors (Lipinski definition) is 5. The van der Waals surface area contributed by atoms with Gasteiger partial charge in [0.2, 0.25) is 0 Å². The van der Waals surface area contributed by atoms with Crippen molar-refractivity contribution in [3.05, 3.63) is 89.0 Å². The maximum Gasteiger partial charge on any atom is 0.272 e. The Morgan fingerprint density at radius 3 is 2.39 bits per heavy atom. The first kappa shape index (κ1) is 20.1. The second-order valence-electron chi connectivity index (χ2n) is 7.39. The van der Waals surface area contributed by atoms with Crippen LogP contribution in [0.2, 0.25) is 0 Å². The number of aryl methyl sites for hydroxylation is 2. The Kier molecular flexibility index (Phi) is 5.37. The van der Waals surface area contributed by atoms with E-state index >= 15 is 0 Å². The van der Waals surface area contributed by atoms with Crippen LogP contribution in [-0.4, -0.2) is 27.3 Å². The molecule has 6 heteroatoms. The zero-order valence-electron chi connectivity index (χ0n) is 17.1. The molecule has 4 rings (SSSR count). The van der Waals surface area contributed by atoms with Crippen LogP contribution in [0.15, 0.2) is 71.8 Å². The van der Waals surface area contributed by atoms with E-state index in [0.717, 1.165) is 27.6 Å². The Hall–Kier alpha value is -4.19. The van der Waals surface area contributed by atoms with Gasteiger partial charge in [0, 0.05) is 10.9 Å². The zero-order valence-corrected chi connectivity index (χ0v) is 17.1. The quantitative estimate of drug-likeness (QED) is 0.258. The van der Waals surface area contributed by atoms with Crippen LogP contribution >= 0.6 is 0 Å². The molecule has 6 nitrogen and oxygen atoms in total. The van der Waals surface area contributed by atoms with E-state index in [9.17, 15) is 15.0 Å². The molecule has 0 saturated carbocycles. The highest BCUT2D eigenvalue weighted by Crippen LogP contribution is 2.26. The molecule has 0 bridgehead atoms. The van der Waals surface area contributed by atoms with Gasteiger partial charge in [0.25, 0.3) is 5.91 Å². The van der Waals surface area contributed by atoms with Crippen molar-refractivity contribution in [2.45, 2.75) is 13.8 Å². The lowest BCUT2D eigenvalue weighted by molar-refractivity contribution is 0.0956. The number of aromatic hydroxyl groups is 2. The van der Waals surface area contributed by atoms with Gasteiger partial charge in [-0.2, -0.15) is 5.10 Å². The molecule has 0 saturated heterocycles. The third-order valence-electron chi connectivity index (χ3n) is 4.94. The number of fused-ring (bicyclic) bond motifs is 1. The second kappa shape index (κ2) is 8.28. The number of aromatic nitrogens is 1. The van der Waals surface area contributed by atoms with E-state index in [-0.39, 0.29) is 17.4 Å². The van der Waals surface area contributed by atoms with Crippen molar-refractivity contribution in [2.75, 3.05) is 0 Å². The minimum absolute atomic E-state index is 0.219. The van der Waals surface area contributed by atoms with E-state index in [1.54, 1.807) is 12.1 Å². The molecule has 0 fully saturated rings. The van der Waals surface area contributed by atoms with Gasteiger partial charge in [-0.1, -0.05) is 41.5 Å². The smallest absolute Gasteiger partial charge is 0.272 e. The van der Waals surface area contributed by atoms with Crippen LogP contribution in [-0.2, 0) is 0 Å². The molecule has 3 N–H and O–H groups in total. The van der Waals surface area contributed by atoms with Gasteiger partial charge in [-0.3, -0.25) is 4.79 Å². The molecule has 31 heavy (non-hydrogen) atoms. The number of rotatable bonds is 4.